The predicted octanol–water partition coefficient (Wildman–Crippen LogP) is 1.16. The summed E-state index contributed by atoms with van der Waals surface area (Å²) in [5.41, 5.74) is 1.53. The molecule has 1 aromatic heterocycles. The summed E-state index contributed by atoms with van der Waals surface area (Å²) in [5.74, 6) is 0.749. The first-order valence-corrected chi connectivity index (χ1v) is 4.72. The summed E-state index contributed by atoms with van der Waals surface area (Å²) in [5, 5.41) is 17.5. The second-order valence-corrected chi connectivity index (χ2v) is 3.38. The molecule has 4 heteroatoms. The van der Waals surface area contributed by atoms with Gasteiger partial charge in [0.25, 0.3) is 0 Å². The van der Waals surface area contributed by atoms with E-state index >= 15 is 0 Å². The summed E-state index contributed by atoms with van der Waals surface area (Å²) in [4.78, 5) is 4.18. The van der Waals surface area contributed by atoms with Crippen LogP contribution in [0, 0.1) is 22.7 Å². The van der Waals surface area contributed by atoms with Gasteiger partial charge in [-0.3, -0.25) is 0 Å². The number of nitriles is 2. The summed E-state index contributed by atoms with van der Waals surface area (Å²) in [6.45, 7) is 0.904. The second-order valence-electron chi connectivity index (χ2n) is 3.38. The van der Waals surface area contributed by atoms with Gasteiger partial charge in [0, 0.05) is 6.54 Å². The maximum Gasteiger partial charge on any atom is 0.162 e. The first-order valence-electron chi connectivity index (χ1n) is 4.72. The summed E-state index contributed by atoms with van der Waals surface area (Å²) < 4.78 is 2.03. The van der Waals surface area contributed by atoms with Crippen molar-refractivity contribution in [1.82, 2.24) is 9.55 Å². The molecule has 0 unspecified atom stereocenters. The third-order valence-electron chi connectivity index (χ3n) is 2.54. The Morgan fingerprint density at radius 2 is 2.21 bits per heavy atom. The monoisotopic (exact) mass is 186 g/mol. The van der Waals surface area contributed by atoms with Crippen LogP contribution in [0.5, 0.6) is 0 Å². The number of imidazole rings is 1. The van der Waals surface area contributed by atoms with Crippen molar-refractivity contribution in [2.75, 3.05) is 0 Å². The van der Waals surface area contributed by atoms with E-state index in [1.807, 2.05) is 4.57 Å². The zero-order valence-electron chi connectivity index (χ0n) is 7.82. The van der Waals surface area contributed by atoms with E-state index in [0.29, 0.717) is 12.1 Å². The topological polar surface area (TPSA) is 65.4 Å². The van der Waals surface area contributed by atoms with Crippen LogP contribution in [0.3, 0.4) is 0 Å². The van der Waals surface area contributed by atoms with E-state index < -0.39 is 0 Å². The molecule has 2 rings (SSSR count). The number of hydrogen-bond acceptors (Lipinski definition) is 3. The lowest BCUT2D eigenvalue weighted by Gasteiger charge is -2.15. The Balaban J connectivity index is 2.49. The van der Waals surface area contributed by atoms with Crippen molar-refractivity contribution in [1.29, 1.82) is 10.5 Å². The SMILES string of the molecule is N#CCc1nc(C#N)c2n1CCCC2. The smallest absolute Gasteiger partial charge is 0.162 e. The van der Waals surface area contributed by atoms with Crippen molar-refractivity contribution in [3.8, 4) is 12.1 Å². The van der Waals surface area contributed by atoms with Crippen LogP contribution >= 0.6 is 0 Å². The molecular weight excluding hydrogens is 176 g/mol. The second kappa shape index (κ2) is 3.51. The van der Waals surface area contributed by atoms with Gasteiger partial charge in [0.1, 0.15) is 11.9 Å². The van der Waals surface area contributed by atoms with Gasteiger partial charge in [0.15, 0.2) is 5.69 Å². The van der Waals surface area contributed by atoms with E-state index in [9.17, 15) is 0 Å². The highest BCUT2D eigenvalue weighted by Gasteiger charge is 2.18. The van der Waals surface area contributed by atoms with Crippen LogP contribution in [0.25, 0.3) is 0 Å². The molecule has 70 valence electrons. The zero-order valence-corrected chi connectivity index (χ0v) is 7.82. The molecule has 2 heterocycles. The third-order valence-corrected chi connectivity index (χ3v) is 2.54. The molecule has 1 aliphatic heterocycles. The van der Waals surface area contributed by atoms with Crippen molar-refractivity contribution in [2.24, 2.45) is 0 Å². The fourth-order valence-electron chi connectivity index (χ4n) is 1.91. The Morgan fingerprint density at radius 3 is 2.93 bits per heavy atom. The minimum Gasteiger partial charge on any atom is -0.330 e. The van der Waals surface area contributed by atoms with Crippen LogP contribution in [0.1, 0.15) is 30.1 Å². The van der Waals surface area contributed by atoms with Gasteiger partial charge < -0.3 is 4.57 Å². The highest BCUT2D eigenvalue weighted by atomic mass is 15.1. The molecule has 4 nitrogen and oxygen atoms in total. The van der Waals surface area contributed by atoms with E-state index in [-0.39, 0.29) is 0 Å². The zero-order chi connectivity index (χ0) is 9.97. The molecule has 1 aromatic rings. The molecule has 0 saturated heterocycles. The molecule has 0 fully saturated rings. The standard InChI is InChI=1S/C10H10N4/c11-5-4-10-13-8(7-12)9-3-1-2-6-14(9)10/h1-4,6H2. The van der Waals surface area contributed by atoms with Crippen molar-refractivity contribution in [3.63, 3.8) is 0 Å². The minimum atomic E-state index is 0.300. The molecule has 0 amide bonds. The van der Waals surface area contributed by atoms with Gasteiger partial charge in [-0.25, -0.2) is 4.98 Å². The van der Waals surface area contributed by atoms with Crippen molar-refractivity contribution >= 4 is 0 Å². The molecule has 0 bridgehead atoms. The van der Waals surface area contributed by atoms with Crippen LogP contribution in [-0.4, -0.2) is 9.55 Å². The molecule has 0 saturated carbocycles. The molecule has 14 heavy (non-hydrogen) atoms. The van der Waals surface area contributed by atoms with Gasteiger partial charge in [0.05, 0.1) is 18.2 Å². The van der Waals surface area contributed by atoms with Gasteiger partial charge in [0.2, 0.25) is 0 Å². The molecular formula is C10H10N4. The van der Waals surface area contributed by atoms with Gasteiger partial charge in [-0.2, -0.15) is 10.5 Å². The number of aromatic nitrogens is 2. The lowest BCUT2D eigenvalue weighted by atomic mass is 10.1. The molecule has 0 N–H and O–H groups in total. The number of fused-ring (bicyclic) bond motifs is 1. The van der Waals surface area contributed by atoms with E-state index in [2.05, 4.69) is 17.1 Å². The van der Waals surface area contributed by atoms with Crippen LogP contribution in [0.4, 0.5) is 0 Å². The number of nitrogens with zero attached hydrogens (tertiary/aromatic N) is 4. The highest BCUT2D eigenvalue weighted by molar-refractivity contribution is 5.30. The Labute approximate surface area is 82.4 Å². The molecule has 0 atom stereocenters. The van der Waals surface area contributed by atoms with Crippen LogP contribution in [0.15, 0.2) is 0 Å². The average Bonchev–Trinajstić information content (AvgIpc) is 2.58. The van der Waals surface area contributed by atoms with Gasteiger partial charge in [-0.05, 0) is 19.3 Å². The van der Waals surface area contributed by atoms with E-state index in [1.165, 1.54) is 0 Å². The predicted molar refractivity (Wildman–Crippen MR) is 49.2 cm³/mol. The first-order chi connectivity index (χ1) is 6.86. The normalized spacial score (nSPS) is 14.1. The first kappa shape index (κ1) is 8.77. The van der Waals surface area contributed by atoms with Crippen molar-refractivity contribution in [2.45, 2.75) is 32.2 Å². The molecule has 1 aliphatic rings. The van der Waals surface area contributed by atoms with Crippen molar-refractivity contribution < 1.29 is 0 Å². The maximum atomic E-state index is 8.87. The summed E-state index contributed by atoms with van der Waals surface area (Å²) >= 11 is 0. The van der Waals surface area contributed by atoms with E-state index in [0.717, 1.165) is 37.3 Å². The summed E-state index contributed by atoms with van der Waals surface area (Å²) in [7, 11) is 0. The largest absolute Gasteiger partial charge is 0.330 e. The lowest BCUT2D eigenvalue weighted by molar-refractivity contribution is 0.518. The van der Waals surface area contributed by atoms with Crippen LogP contribution < -0.4 is 0 Å². The van der Waals surface area contributed by atoms with Crippen LogP contribution in [0.2, 0.25) is 0 Å². The minimum absolute atomic E-state index is 0.300. The van der Waals surface area contributed by atoms with Gasteiger partial charge in [-0.15, -0.1) is 0 Å². The van der Waals surface area contributed by atoms with Crippen molar-refractivity contribution in [3.05, 3.63) is 17.2 Å². The Kier molecular flexibility index (Phi) is 2.20. The molecule has 0 aromatic carbocycles. The van der Waals surface area contributed by atoms with Crippen LogP contribution in [-0.2, 0) is 19.4 Å². The van der Waals surface area contributed by atoms with E-state index in [4.69, 9.17) is 10.5 Å². The summed E-state index contributed by atoms with van der Waals surface area (Å²) in [6.07, 6.45) is 3.45. The van der Waals surface area contributed by atoms with Gasteiger partial charge in [-0.1, -0.05) is 0 Å². The molecule has 0 aliphatic carbocycles. The highest BCUT2D eigenvalue weighted by Crippen LogP contribution is 2.20. The fraction of sp³-hybridized carbons (Fsp3) is 0.500. The molecule has 0 spiro atoms. The van der Waals surface area contributed by atoms with E-state index in [1.54, 1.807) is 0 Å². The Bertz CT molecular complexity index is 430. The number of rotatable bonds is 1. The molecule has 0 radical (unpaired) electrons. The Hall–Kier alpha value is -1.81. The summed E-state index contributed by atoms with van der Waals surface area (Å²) in [6, 6.07) is 4.17. The average molecular weight is 186 g/mol. The Morgan fingerprint density at radius 1 is 1.36 bits per heavy atom. The lowest BCUT2D eigenvalue weighted by Crippen LogP contribution is -2.12. The third kappa shape index (κ3) is 1.25. The quantitative estimate of drug-likeness (QED) is 0.661. The maximum absolute atomic E-state index is 8.87. The fourth-order valence-corrected chi connectivity index (χ4v) is 1.91. The van der Waals surface area contributed by atoms with Gasteiger partial charge >= 0.3 is 0 Å². The number of hydrogen-bond donors (Lipinski definition) is 0.